The van der Waals surface area contributed by atoms with E-state index >= 15 is 0 Å². The highest BCUT2D eigenvalue weighted by molar-refractivity contribution is 5.36. The molecule has 5 nitrogen and oxygen atoms in total. The van der Waals surface area contributed by atoms with Crippen molar-refractivity contribution >= 4 is 5.65 Å². The summed E-state index contributed by atoms with van der Waals surface area (Å²) in [6.07, 6.45) is 5.79. The van der Waals surface area contributed by atoms with Crippen LogP contribution in [-0.4, -0.2) is 46.2 Å². The molecule has 5 heteroatoms. The lowest BCUT2D eigenvalue weighted by molar-refractivity contribution is 0.201. The Kier molecular flexibility index (Phi) is 2.34. The summed E-state index contributed by atoms with van der Waals surface area (Å²) in [7, 11) is 2.15. The van der Waals surface area contributed by atoms with Gasteiger partial charge in [-0.3, -0.25) is 4.90 Å². The zero-order valence-corrected chi connectivity index (χ0v) is 9.30. The van der Waals surface area contributed by atoms with Gasteiger partial charge < -0.3 is 5.32 Å². The van der Waals surface area contributed by atoms with Crippen LogP contribution in [0, 0.1) is 0 Å². The van der Waals surface area contributed by atoms with E-state index in [4.69, 9.17) is 0 Å². The number of nitrogens with zero attached hydrogens (tertiary/aromatic N) is 4. The lowest BCUT2D eigenvalue weighted by atomic mass is 10.1. The van der Waals surface area contributed by atoms with E-state index in [1.54, 1.807) is 6.20 Å². The van der Waals surface area contributed by atoms with Gasteiger partial charge in [-0.15, -0.1) is 0 Å². The minimum Gasteiger partial charge on any atom is -0.314 e. The molecule has 0 bridgehead atoms. The molecule has 3 heterocycles. The quantitative estimate of drug-likeness (QED) is 0.746. The van der Waals surface area contributed by atoms with Crippen LogP contribution in [-0.2, 0) is 0 Å². The van der Waals surface area contributed by atoms with Crippen molar-refractivity contribution in [3.8, 4) is 0 Å². The van der Waals surface area contributed by atoms with Crippen molar-refractivity contribution in [3.63, 3.8) is 0 Å². The summed E-state index contributed by atoms with van der Waals surface area (Å²) in [4.78, 5) is 6.75. The minimum atomic E-state index is 0.398. The molecule has 1 N–H and O–H groups in total. The molecule has 0 aliphatic carbocycles. The molecule has 84 valence electrons. The van der Waals surface area contributed by atoms with Gasteiger partial charge in [0.2, 0.25) is 0 Å². The van der Waals surface area contributed by atoms with Crippen LogP contribution in [0.1, 0.15) is 11.6 Å². The first-order valence-electron chi connectivity index (χ1n) is 5.55. The second-order valence-electron chi connectivity index (χ2n) is 4.22. The van der Waals surface area contributed by atoms with Crippen molar-refractivity contribution in [1.82, 2.24) is 24.8 Å². The molecule has 3 rings (SSSR count). The molecule has 1 fully saturated rings. The number of nitrogens with one attached hydrogen (secondary N) is 1. The van der Waals surface area contributed by atoms with Crippen LogP contribution < -0.4 is 5.32 Å². The third kappa shape index (κ3) is 1.58. The van der Waals surface area contributed by atoms with Crippen LogP contribution in [0.2, 0.25) is 0 Å². The Morgan fingerprint density at radius 2 is 2.44 bits per heavy atom. The van der Waals surface area contributed by atoms with E-state index in [-0.39, 0.29) is 0 Å². The predicted molar refractivity (Wildman–Crippen MR) is 61.2 cm³/mol. The van der Waals surface area contributed by atoms with Crippen LogP contribution in [0.4, 0.5) is 0 Å². The highest BCUT2D eigenvalue weighted by atomic mass is 15.2. The largest absolute Gasteiger partial charge is 0.314 e. The molecule has 1 saturated heterocycles. The average molecular weight is 217 g/mol. The van der Waals surface area contributed by atoms with E-state index in [0.29, 0.717) is 6.04 Å². The number of hydrogen-bond acceptors (Lipinski definition) is 4. The fraction of sp³-hybridized carbons (Fsp3) is 0.455. The maximum Gasteiger partial charge on any atom is 0.154 e. The van der Waals surface area contributed by atoms with Gasteiger partial charge in [0.15, 0.2) is 5.65 Å². The Hall–Kier alpha value is -1.46. The number of hydrogen-bond donors (Lipinski definition) is 1. The van der Waals surface area contributed by atoms with Gasteiger partial charge >= 0.3 is 0 Å². The number of piperazine rings is 1. The average Bonchev–Trinajstić information content (AvgIpc) is 2.76. The monoisotopic (exact) mass is 217 g/mol. The lowest BCUT2D eigenvalue weighted by Gasteiger charge is -2.33. The summed E-state index contributed by atoms with van der Waals surface area (Å²) >= 11 is 0. The Balaban J connectivity index is 1.97. The Morgan fingerprint density at radius 3 is 3.31 bits per heavy atom. The van der Waals surface area contributed by atoms with E-state index in [2.05, 4.69) is 33.5 Å². The van der Waals surface area contributed by atoms with E-state index in [9.17, 15) is 0 Å². The van der Waals surface area contributed by atoms with Crippen molar-refractivity contribution in [2.45, 2.75) is 6.04 Å². The molecule has 0 spiro atoms. The van der Waals surface area contributed by atoms with Crippen LogP contribution in [0.15, 0.2) is 24.7 Å². The molecule has 1 unspecified atom stereocenters. The fourth-order valence-corrected chi connectivity index (χ4v) is 2.17. The highest BCUT2D eigenvalue weighted by Gasteiger charge is 2.20. The molecule has 0 radical (unpaired) electrons. The summed E-state index contributed by atoms with van der Waals surface area (Å²) in [5, 5.41) is 7.62. The summed E-state index contributed by atoms with van der Waals surface area (Å²) in [5.74, 6) is 0. The lowest BCUT2D eigenvalue weighted by Crippen LogP contribution is -2.43. The van der Waals surface area contributed by atoms with Gasteiger partial charge in [-0.2, -0.15) is 5.10 Å². The SMILES string of the molecule is CN1CCNCC1c1cnc2ccnn2c1. The van der Waals surface area contributed by atoms with E-state index in [1.807, 2.05) is 16.8 Å². The first-order chi connectivity index (χ1) is 7.84. The first kappa shape index (κ1) is 9.74. The molecule has 0 amide bonds. The number of aromatic nitrogens is 3. The molecule has 2 aromatic heterocycles. The van der Waals surface area contributed by atoms with Gasteiger partial charge in [-0.05, 0) is 7.05 Å². The summed E-state index contributed by atoms with van der Waals surface area (Å²) in [6, 6.07) is 2.31. The van der Waals surface area contributed by atoms with Gasteiger partial charge in [0, 0.05) is 43.7 Å². The smallest absolute Gasteiger partial charge is 0.154 e. The van der Waals surface area contributed by atoms with Crippen LogP contribution in [0.25, 0.3) is 5.65 Å². The molecule has 1 aliphatic heterocycles. The predicted octanol–water partition coefficient (Wildman–Crippen LogP) is 0.305. The maximum atomic E-state index is 4.40. The summed E-state index contributed by atoms with van der Waals surface area (Å²) in [6.45, 7) is 3.11. The molecule has 0 saturated carbocycles. The number of likely N-dealkylation sites (N-methyl/N-ethyl adjacent to an activating group) is 1. The Morgan fingerprint density at radius 1 is 1.50 bits per heavy atom. The third-order valence-electron chi connectivity index (χ3n) is 3.16. The van der Waals surface area contributed by atoms with Crippen molar-refractivity contribution in [1.29, 1.82) is 0 Å². The Bertz CT molecular complexity index is 492. The zero-order valence-electron chi connectivity index (χ0n) is 9.30. The fourth-order valence-electron chi connectivity index (χ4n) is 2.17. The molecule has 2 aromatic rings. The number of fused-ring (bicyclic) bond motifs is 1. The van der Waals surface area contributed by atoms with Gasteiger partial charge in [0.1, 0.15) is 0 Å². The van der Waals surface area contributed by atoms with E-state index in [1.165, 1.54) is 5.56 Å². The molecule has 0 aromatic carbocycles. The maximum absolute atomic E-state index is 4.40. The van der Waals surface area contributed by atoms with Gasteiger partial charge in [0.25, 0.3) is 0 Å². The Labute approximate surface area is 94.1 Å². The van der Waals surface area contributed by atoms with Crippen LogP contribution in [0.5, 0.6) is 0 Å². The van der Waals surface area contributed by atoms with Crippen molar-refractivity contribution in [3.05, 3.63) is 30.2 Å². The molecule has 16 heavy (non-hydrogen) atoms. The van der Waals surface area contributed by atoms with Crippen molar-refractivity contribution < 1.29 is 0 Å². The first-order valence-corrected chi connectivity index (χ1v) is 5.55. The molecule has 1 atom stereocenters. The summed E-state index contributed by atoms with van der Waals surface area (Å²) in [5.41, 5.74) is 2.11. The third-order valence-corrected chi connectivity index (χ3v) is 3.16. The minimum absolute atomic E-state index is 0.398. The van der Waals surface area contributed by atoms with Crippen LogP contribution >= 0.6 is 0 Å². The van der Waals surface area contributed by atoms with Crippen molar-refractivity contribution in [2.24, 2.45) is 0 Å². The van der Waals surface area contributed by atoms with Gasteiger partial charge in [0.05, 0.1) is 12.2 Å². The molecular formula is C11H15N5. The highest BCUT2D eigenvalue weighted by Crippen LogP contribution is 2.19. The second-order valence-corrected chi connectivity index (χ2v) is 4.22. The van der Waals surface area contributed by atoms with E-state index < -0.39 is 0 Å². The summed E-state index contributed by atoms with van der Waals surface area (Å²) < 4.78 is 1.83. The van der Waals surface area contributed by atoms with Gasteiger partial charge in [-0.25, -0.2) is 9.50 Å². The van der Waals surface area contributed by atoms with Gasteiger partial charge in [-0.1, -0.05) is 0 Å². The zero-order chi connectivity index (χ0) is 11.0. The molecular weight excluding hydrogens is 202 g/mol. The van der Waals surface area contributed by atoms with Crippen LogP contribution in [0.3, 0.4) is 0 Å². The van der Waals surface area contributed by atoms with E-state index in [0.717, 1.165) is 25.3 Å². The topological polar surface area (TPSA) is 45.5 Å². The second kappa shape index (κ2) is 3.84. The number of rotatable bonds is 1. The molecule has 1 aliphatic rings. The normalized spacial score (nSPS) is 22.7. The van der Waals surface area contributed by atoms with Crippen molar-refractivity contribution in [2.75, 3.05) is 26.7 Å². The standard InChI is InChI=1S/C11H15N5/c1-15-5-4-12-7-10(15)9-6-13-11-2-3-14-16(11)8-9/h2-3,6,8,10,12H,4-5,7H2,1H3.